The Labute approximate surface area is 116 Å². The summed E-state index contributed by atoms with van der Waals surface area (Å²) in [4.78, 5) is 0. The molecule has 102 valence electrons. The molecular weight excluding hydrogens is 322 g/mol. The summed E-state index contributed by atoms with van der Waals surface area (Å²) in [6.45, 7) is 0.579. The van der Waals surface area contributed by atoms with Gasteiger partial charge >= 0.3 is 0 Å². The Morgan fingerprint density at radius 2 is 2.16 bits per heavy atom. The lowest BCUT2D eigenvalue weighted by molar-refractivity contribution is -0.0369. The van der Waals surface area contributed by atoms with E-state index in [4.69, 9.17) is 4.74 Å². The van der Waals surface area contributed by atoms with E-state index in [-0.39, 0.29) is 9.99 Å². The van der Waals surface area contributed by atoms with E-state index in [1.807, 2.05) is 0 Å². The second-order valence-electron chi connectivity index (χ2n) is 4.46. The van der Waals surface area contributed by atoms with Crippen LogP contribution in [0, 0.1) is 11.6 Å². The van der Waals surface area contributed by atoms with Crippen LogP contribution in [0.25, 0.3) is 10.9 Å². The van der Waals surface area contributed by atoms with Gasteiger partial charge in [0.1, 0.15) is 5.52 Å². The molecule has 1 aromatic carbocycles. The van der Waals surface area contributed by atoms with Crippen molar-refractivity contribution in [3.8, 4) is 5.75 Å². The van der Waals surface area contributed by atoms with Crippen molar-refractivity contribution in [1.29, 1.82) is 0 Å². The average molecular weight is 333 g/mol. The molecule has 0 radical (unpaired) electrons. The fourth-order valence-electron chi connectivity index (χ4n) is 2.31. The van der Waals surface area contributed by atoms with Gasteiger partial charge in [-0.2, -0.15) is 9.49 Å². The highest BCUT2D eigenvalue weighted by atomic mass is 79.9. The Hall–Kier alpha value is -1.21. The highest BCUT2D eigenvalue weighted by Crippen LogP contribution is 2.38. The number of hydrogen-bond donors (Lipinski definition) is 1. The van der Waals surface area contributed by atoms with Gasteiger partial charge in [0.25, 0.3) is 0 Å². The van der Waals surface area contributed by atoms with Gasteiger partial charge < -0.3 is 9.84 Å². The maximum atomic E-state index is 14.0. The van der Waals surface area contributed by atoms with E-state index in [9.17, 15) is 13.9 Å². The highest BCUT2D eigenvalue weighted by Gasteiger charge is 2.26. The Balaban J connectivity index is 2.22. The predicted octanol–water partition coefficient (Wildman–Crippen LogP) is 3.48. The second kappa shape index (κ2) is 4.72. The van der Waals surface area contributed by atoms with Gasteiger partial charge in [0.2, 0.25) is 5.82 Å². The molecule has 0 amide bonds. The van der Waals surface area contributed by atoms with Crippen molar-refractivity contribution in [2.75, 3.05) is 6.61 Å². The molecule has 0 spiro atoms. The van der Waals surface area contributed by atoms with Crippen LogP contribution in [-0.2, 0) is 4.74 Å². The number of nitrogens with zero attached hydrogens (tertiary/aromatic N) is 2. The summed E-state index contributed by atoms with van der Waals surface area (Å²) in [6, 6.07) is 0. The van der Waals surface area contributed by atoms with Crippen LogP contribution in [0.1, 0.15) is 25.5 Å². The minimum absolute atomic E-state index is 0.00840. The zero-order chi connectivity index (χ0) is 13.6. The van der Waals surface area contributed by atoms with E-state index < -0.39 is 23.6 Å². The first kappa shape index (κ1) is 12.8. The van der Waals surface area contributed by atoms with Crippen LogP contribution in [0.2, 0.25) is 0 Å². The predicted molar refractivity (Wildman–Crippen MR) is 67.9 cm³/mol. The van der Waals surface area contributed by atoms with Crippen LogP contribution in [0.15, 0.2) is 10.7 Å². The number of aromatic hydroxyl groups is 1. The van der Waals surface area contributed by atoms with Gasteiger partial charge in [-0.05, 0) is 35.2 Å². The molecule has 0 aliphatic carbocycles. The minimum Gasteiger partial charge on any atom is -0.504 e. The van der Waals surface area contributed by atoms with E-state index in [1.165, 1.54) is 10.9 Å². The lowest BCUT2D eigenvalue weighted by Crippen LogP contribution is -2.19. The summed E-state index contributed by atoms with van der Waals surface area (Å²) in [5.41, 5.74) is 0.00840. The van der Waals surface area contributed by atoms with Gasteiger partial charge in [0.05, 0.1) is 10.7 Å². The Morgan fingerprint density at radius 1 is 1.37 bits per heavy atom. The maximum absolute atomic E-state index is 14.0. The fourth-order valence-corrected chi connectivity index (χ4v) is 2.77. The molecule has 1 aromatic heterocycles. The number of rotatable bonds is 1. The van der Waals surface area contributed by atoms with Gasteiger partial charge in [0, 0.05) is 12.0 Å². The average Bonchev–Trinajstić information content (AvgIpc) is 2.88. The lowest BCUT2D eigenvalue weighted by Gasteiger charge is -2.23. The first-order chi connectivity index (χ1) is 9.11. The SMILES string of the molecule is Oc1c(F)c(F)c2c(cnn2C2CCCCO2)c1Br. The number of ether oxygens (including phenoxy) is 1. The molecule has 1 aliphatic heterocycles. The van der Waals surface area contributed by atoms with E-state index >= 15 is 0 Å². The number of hydrogen-bond acceptors (Lipinski definition) is 3. The van der Waals surface area contributed by atoms with Crippen molar-refractivity contribution >= 4 is 26.8 Å². The number of phenolic OH excluding ortho intramolecular Hbond substituents is 1. The minimum atomic E-state index is -1.28. The summed E-state index contributed by atoms with van der Waals surface area (Å²) in [5.74, 6) is -3.13. The van der Waals surface area contributed by atoms with E-state index in [1.54, 1.807) is 0 Å². The molecule has 0 bridgehead atoms. The summed E-state index contributed by atoms with van der Waals surface area (Å²) in [6.07, 6.45) is 3.61. The molecule has 7 heteroatoms. The number of halogens is 3. The summed E-state index contributed by atoms with van der Waals surface area (Å²) in [7, 11) is 0. The van der Waals surface area contributed by atoms with Crippen LogP contribution >= 0.6 is 15.9 Å². The molecule has 3 rings (SSSR count). The van der Waals surface area contributed by atoms with Crippen molar-refractivity contribution in [2.24, 2.45) is 0 Å². The Kier molecular flexibility index (Phi) is 3.18. The first-order valence-electron chi connectivity index (χ1n) is 5.95. The molecule has 0 saturated carbocycles. The normalized spacial score (nSPS) is 20.1. The molecule has 1 fully saturated rings. The molecule has 1 atom stereocenters. The van der Waals surface area contributed by atoms with Gasteiger partial charge in [0.15, 0.2) is 17.8 Å². The monoisotopic (exact) mass is 332 g/mol. The number of aromatic nitrogens is 2. The molecule has 1 aliphatic rings. The molecule has 1 unspecified atom stereocenters. The van der Waals surface area contributed by atoms with Crippen molar-refractivity contribution in [1.82, 2.24) is 9.78 Å². The third-order valence-electron chi connectivity index (χ3n) is 3.28. The molecule has 19 heavy (non-hydrogen) atoms. The van der Waals surface area contributed by atoms with Crippen LogP contribution in [0.4, 0.5) is 8.78 Å². The van der Waals surface area contributed by atoms with E-state index in [0.29, 0.717) is 18.4 Å². The Morgan fingerprint density at radius 3 is 2.84 bits per heavy atom. The molecule has 4 nitrogen and oxygen atoms in total. The quantitative estimate of drug-likeness (QED) is 0.813. The first-order valence-corrected chi connectivity index (χ1v) is 6.74. The van der Waals surface area contributed by atoms with E-state index in [0.717, 1.165) is 12.8 Å². The van der Waals surface area contributed by atoms with Crippen LogP contribution in [0.3, 0.4) is 0 Å². The Bertz CT molecular complexity index is 638. The highest BCUT2D eigenvalue weighted by molar-refractivity contribution is 9.10. The van der Waals surface area contributed by atoms with Crippen LogP contribution in [0.5, 0.6) is 5.75 Å². The third kappa shape index (κ3) is 1.92. The standard InChI is InChI=1S/C12H11BrF2N2O2/c13-8-6-5-16-17(7-3-1-2-4-19-7)11(6)9(14)10(15)12(8)18/h5,7,18H,1-4H2. The molecule has 1 saturated heterocycles. The lowest BCUT2D eigenvalue weighted by atomic mass is 10.2. The van der Waals surface area contributed by atoms with Crippen molar-refractivity contribution in [2.45, 2.75) is 25.5 Å². The summed E-state index contributed by atoms with van der Waals surface area (Å²) < 4.78 is 34.6. The number of phenols is 1. The van der Waals surface area contributed by atoms with Gasteiger partial charge in [-0.1, -0.05) is 0 Å². The van der Waals surface area contributed by atoms with Crippen molar-refractivity contribution in [3.05, 3.63) is 22.3 Å². The molecular formula is C12H11BrF2N2O2. The van der Waals surface area contributed by atoms with E-state index in [2.05, 4.69) is 21.0 Å². The maximum Gasteiger partial charge on any atom is 0.203 e. The van der Waals surface area contributed by atoms with Crippen LogP contribution < -0.4 is 0 Å². The van der Waals surface area contributed by atoms with Crippen molar-refractivity contribution < 1.29 is 18.6 Å². The van der Waals surface area contributed by atoms with Crippen LogP contribution in [-0.4, -0.2) is 21.5 Å². The van der Waals surface area contributed by atoms with Gasteiger partial charge in [-0.15, -0.1) is 0 Å². The third-order valence-corrected chi connectivity index (χ3v) is 4.08. The molecule has 2 heterocycles. The van der Waals surface area contributed by atoms with Gasteiger partial charge in [-0.3, -0.25) is 0 Å². The fraction of sp³-hybridized carbons (Fsp3) is 0.417. The number of benzene rings is 1. The summed E-state index contributed by atoms with van der Waals surface area (Å²) in [5, 5.41) is 13.9. The zero-order valence-corrected chi connectivity index (χ0v) is 11.5. The molecule has 1 N–H and O–H groups in total. The smallest absolute Gasteiger partial charge is 0.203 e. The number of fused-ring (bicyclic) bond motifs is 1. The van der Waals surface area contributed by atoms with Gasteiger partial charge in [-0.25, -0.2) is 9.07 Å². The second-order valence-corrected chi connectivity index (χ2v) is 5.26. The van der Waals surface area contributed by atoms with Crippen molar-refractivity contribution in [3.63, 3.8) is 0 Å². The topological polar surface area (TPSA) is 47.3 Å². The largest absolute Gasteiger partial charge is 0.504 e. The zero-order valence-electron chi connectivity index (χ0n) is 9.87. The summed E-state index contributed by atoms with van der Waals surface area (Å²) >= 11 is 3.05. The molecule has 2 aromatic rings.